The lowest BCUT2D eigenvalue weighted by molar-refractivity contribution is 0.0999. The predicted octanol–water partition coefficient (Wildman–Crippen LogP) is 4.35. The summed E-state index contributed by atoms with van der Waals surface area (Å²) in [5, 5.41) is 3.64. The Hall–Kier alpha value is -2.29. The Morgan fingerprint density at radius 1 is 1.08 bits per heavy atom. The third-order valence-corrected chi connectivity index (χ3v) is 5.03. The Kier molecular flexibility index (Phi) is 4.89. The van der Waals surface area contributed by atoms with Crippen LogP contribution < -0.4 is 11.1 Å². The van der Waals surface area contributed by atoms with Gasteiger partial charge in [0.15, 0.2) is 0 Å². The van der Waals surface area contributed by atoms with Gasteiger partial charge in [0.05, 0.1) is 0 Å². The molecule has 0 heterocycles. The molecule has 0 saturated heterocycles. The fourth-order valence-corrected chi connectivity index (χ4v) is 3.55. The average molecular weight is 322 g/mol. The number of nitrogens with one attached hydrogen (secondary N) is 1. The van der Waals surface area contributed by atoms with Crippen molar-refractivity contribution in [3.63, 3.8) is 0 Å². The van der Waals surface area contributed by atoms with Crippen molar-refractivity contribution in [2.45, 2.75) is 52.0 Å². The lowest BCUT2D eigenvalue weighted by atomic mass is 9.96. The highest BCUT2D eigenvalue weighted by molar-refractivity contribution is 5.94. The number of hydrogen-bond acceptors (Lipinski definition) is 2. The molecule has 0 atom stereocenters. The van der Waals surface area contributed by atoms with E-state index in [0.29, 0.717) is 11.6 Å². The van der Waals surface area contributed by atoms with Crippen molar-refractivity contribution in [2.24, 2.45) is 5.73 Å². The molecule has 2 aromatic carbocycles. The molecule has 0 aliphatic heterocycles. The van der Waals surface area contributed by atoms with Crippen molar-refractivity contribution in [3.8, 4) is 0 Å². The van der Waals surface area contributed by atoms with Crippen LogP contribution >= 0.6 is 0 Å². The molecule has 1 aliphatic carbocycles. The molecule has 0 radical (unpaired) electrons. The number of carbonyl (C=O) groups is 1. The molecule has 126 valence electrons. The molecule has 3 heteroatoms. The van der Waals surface area contributed by atoms with E-state index >= 15 is 0 Å². The Morgan fingerprint density at radius 3 is 2.50 bits per heavy atom. The van der Waals surface area contributed by atoms with Gasteiger partial charge in [-0.05, 0) is 73.6 Å². The first-order valence-electron chi connectivity index (χ1n) is 8.78. The summed E-state index contributed by atoms with van der Waals surface area (Å²) < 4.78 is 0. The van der Waals surface area contributed by atoms with E-state index < -0.39 is 0 Å². The van der Waals surface area contributed by atoms with E-state index in [1.165, 1.54) is 42.5 Å². The molecule has 0 spiro atoms. The van der Waals surface area contributed by atoms with E-state index in [2.05, 4.69) is 36.5 Å². The summed E-state index contributed by atoms with van der Waals surface area (Å²) in [5.41, 5.74) is 11.9. The first-order chi connectivity index (χ1) is 11.5. The van der Waals surface area contributed by atoms with Gasteiger partial charge in [-0.2, -0.15) is 0 Å². The van der Waals surface area contributed by atoms with Crippen molar-refractivity contribution in [1.29, 1.82) is 0 Å². The molecule has 24 heavy (non-hydrogen) atoms. The molecule has 3 N–H and O–H groups in total. The van der Waals surface area contributed by atoms with Crippen LogP contribution in [0.5, 0.6) is 0 Å². The van der Waals surface area contributed by atoms with Crippen LogP contribution in [0, 0.1) is 13.8 Å². The van der Waals surface area contributed by atoms with E-state index in [1.807, 2.05) is 19.1 Å². The first kappa shape index (κ1) is 16.6. The number of benzene rings is 2. The zero-order valence-corrected chi connectivity index (χ0v) is 14.6. The van der Waals surface area contributed by atoms with Gasteiger partial charge in [0.1, 0.15) is 0 Å². The van der Waals surface area contributed by atoms with Crippen LogP contribution in [-0.4, -0.2) is 11.9 Å². The van der Waals surface area contributed by atoms with Gasteiger partial charge in [-0.3, -0.25) is 4.79 Å². The van der Waals surface area contributed by atoms with Crippen LogP contribution in [0.25, 0.3) is 0 Å². The second-order valence-electron chi connectivity index (χ2n) is 6.96. The molecule has 0 unspecified atom stereocenters. The number of nitrogens with two attached hydrogens (primary N) is 1. The maximum Gasteiger partial charge on any atom is 0.248 e. The van der Waals surface area contributed by atoms with E-state index in [0.717, 1.165) is 17.5 Å². The number of carbonyl (C=O) groups excluding carboxylic acids is 1. The highest BCUT2D eigenvalue weighted by Gasteiger charge is 2.14. The standard InChI is InChI=1S/C21H26N2O/c1-14-7-8-16(13-20(14)21(22)24)12-17-9-10-19(11-15(17)2)23-18-5-3-4-6-18/h7-11,13,18,23H,3-6,12H2,1-2H3,(H2,22,24). The molecule has 2 aromatic rings. The number of aryl methyl sites for hydroxylation is 2. The Labute approximate surface area is 144 Å². The van der Waals surface area contributed by atoms with Crippen molar-refractivity contribution >= 4 is 11.6 Å². The summed E-state index contributed by atoms with van der Waals surface area (Å²) in [5.74, 6) is -0.359. The molecule has 1 amide bonds. The lowest BCUT2D eigenvalue weighted by Crippen LogP contribution is -2.14. The quantitative estimate of drug-likeness (QED) is 0.860. The zero-order chi connectivity index (χ0) is 17.1. The summed E-state index contributed by atoms with van der Waals surface area (Å²) >= 11 is 0. The van der Waals surface area contributed by atoms with Gasteiger partial charge in [-0.25, -0.2) is 0 Å². The largest absolute Gasteiger partial charge is 0.382 e. The van der Waals surface area contributed by atoms with Gasteiger partial charge < -0.3 is 11.1 Å². The minimum absolute atomic E-state index is 0.359. The molecule has 0 aromatic heterocycles. The van der Waals surface area contributed by atoms with Gasteiger partial charge in [-0.15, -0.1) is 0 Å². The summed E-state index contributed by atoms with van der Waals surface area (Å²) in [6.07, 6.45) is 6.05. The Balaban J connectivity index is 1.75. The van der Waals surface area contributed by atoms with E-state index in [4.69, 9.17) is 5.73 Å². The van der Waals surface area contributed by atoms with Crippen LogP contribution in [0.2, 0.25) is 0 Å². The topological polar surface area (TPSA) is 55.1 Å². The molecular weight excluding hydrogens is 296 g/mol. The second kappa shape index (κ2) is 7.08. The van der Waals surface area contributed by atoms with Gasteiger partial charge >= 0.3 is 0 Å². The molecule has 3 rings (SSSR count). The summed E-state index contributed by atoms with van der Waals surface area (Å²) in [6, 6.07) is 13.2. The zero-order valence-electron chi connectivity index (χ0n) is 14.6. The van der Waals surface area contributed by atoms with Gasteiger partial charge in [0.25, 0.3) is 0 Å². The molecule has 1 aliphatic rings. The fourth-order valence-electron chi connectivity index (χ4n) is 3.55. The van der Waals surface area contributed by atoms with Gasteiger partial charge in [-0.1, -0.05) is 31.0 Å². The highest BCUT2D eigenvalue weighted by atomic mass is 16.1. The van der Waals surface area contributed by atoms with Crippen molar-refractivity contribution in [2.75, 3.05) is 5.32 Å². The lowest BCUT2D eigenvalue weighted by Gasteiger charge is -2.15. The number of hydrogen-bond donors (Lipinski definition) is 2. The summed E-state index contributed by atoms with van der Waals surface area (Å²) in [7, 11) is 0. The molecule has 3 nitrogen and oxygen atoms in total. The van der Waals surface area contributed by atoms with Crippen molar-refractivity contribution < 1.29 is 4.79 Å². The first-order valence-corrected chi connectivity index (χ1v) is 8.78. The second-order valence-corrected chi connectivity index (χ2v) is 6.96. The van der Waals surface area contributed by atoms with Crippen molar-refractivity contribution in [1.82, 2.24) is 0 Å². The number of amides is 1. The van der Waals surface area contributed by atoms with E-state index in [-0.39, 0.29) is 5.91 Å². The normalized spacial score (nSPS) is 14.8. The molecular formula is C21H26N2O. The maximum atomic E-state index is 11.5. The van der Waals surface area contributed by atoms with Gasteiger partial charge in [0, 0.05) is 17.3 Å². The van der Waals surface area contributed by atoms with Crippen LogP contribution in [0.15, 0.2) is 36.4 Å². The van der Waals surface area contributed by atoms with Crippen LogP contribution in [0.1, 0.15) is 58.3 Å². The van der Waals surface area contributed by atoms with Crippen LogP contribution in [0.3, 0.4) is 0 Å². The third kappa shape index (κ3) is 3.78. The average Bonchev–Trinajstić information content (AvgIpc) is 3.04. The smallest absolute Gasteiger partial charge is 0.248 e. The van der Waals surface area contributed by atoms with Crippen LogP contribution in [0.4, 0.5) is 5.69 Å². The monoisotopic (exact) mass is 322 g/mol. The van der Waals surface area contributed by atoms with Gasteiger partial charge in [0.2, 0.25) is 5.91 Å². The SMILES string of the molecule is Cc1cc(NC2CCCC2)ccc1Cc1ccc(C)c(C(N)=O)c1. The molecule has 1 saturated carbocycles. The number of anilines is 1. The minimum atomic E-state index is -0.359. The summed E-state index contributed by atoms with van der Waals surface area (Å²) in [4.78, 5) is 11.5. The number of rotatable bonds is 5. The molecule has 1 fully saturated rings. The maximum absolute atomic E-state index is 11.5. The predicted molar refractivity (Wildman–Crippen MR) is 99.6 cm³/mol. The third-order valence-electron chi connectivity index (χ3n) is 5.03. The number of primary amides is 1. The highest BCUT2D eigenvalue weighted by Crippen LogP contribution is 2.25. The van der Waals surface area contributed by atoms with Crippen LogP contribution in [-0.2, 0) is 6.42 Å². The summed E-state index contributed by atoms with van der Waals surface area (Å²) in [6.45, 7) is 4.07. The molecule has 0 bridgehead atoms. The Bertz CT molecular complexity index is 745. The van der Waals surface area contributed by atoms with Crippen molar-refractivity contribution in [3.05, 3.63) is 64.2 Å². The fraction of sp³-hybridized carbons (Fsp3) is 0.381. The van der Waals surface area contributed by atoms with E-state index in [1.54, 1.807) is 0 Å². The minimum Gasteiger partial charge on any atom is -0.382 e. The van der Waals surface area contributed by atoms with E-state index in [9.17, 15) is 4.79 Å². The Morgan fingerprint density at radius 2 is 1.83 bits per heavy atom.